The highest BCUT2D eigenvalue weighted by molar-refractivity contribution is 5.69. The van der Waals surface area contributed by atoms with Crippen molar-refractivity contribution in [2.45, 2.75) is 66.4 Å². The molecule has 0 aliphatic heterocycles. The fourth-order valence-corrected chi connectivity index (χ4v) is 1.95. The molecule has 3 nitrogen and oxygen atoms in total. The van der Waals surface area contributed by atoms with Gasteiger partial charge in [-0.25, -0.2) is 0 Å². The average Bonchev–Trinajstić information content (AvgIpc) is 2.13. The molecule has 0 aromatic rings. The van der Waals surface area contributed by atoms with E-state index in [-0.39, 0.29) is 17.5 Å². The number of esters is 1. The monoisotopic (exact) mass is 243 g/mol. The van der Waals surface area contributed by atoms with Gasteiger partial charge in [0.2, 0.25) is 0 Å². The maximum Gasteiger partial charge on any atom is 0.306 e. The molecular weight excluding hydrogens is 214 g/mol. The lowest BCUT2D eigenvalue weighted by Gasteiger charge is -2.23. The van der Waals surface area contributed by atoms with Gasteiger partial charge in [-0.2, -0.15) is 0 Å². The Kier molecular flexibility index (Phi) is 7.44. The molecule has 0 amide bonds. The molecule has 0 aromatic carbocycles. The van der Waals surface area contributed by atoms with Crippen molar-refractivity contribution < 1.29 is 9.53 Å². The third kappa shape index (κ3) is 9.16. The second-order valence-electron chi connectivity index (χ2n) is 6.13. The van der Waals surface area contributed by atoms with Gasteiger partial charge in [0.05, 0.1) is 6.10 Å². The molecule has 0 heterocycles. The molecule has 0 saturated heterocycles. The number of hydrogen-bond donors (Lipinski definition) is 1. The topological polar surface area (TPSA) is 52.3 Å². The highest BCUT2D eigenvalue weighted by atomic mass is 16.5. The van der Waals surface area contributed by atoms with E-state index in [0.717, 1.165) is 19.3 Å². The zero-order chi connectivity index (χ0) is 13.5. The Morgan fingerprint density at radius 1 is 1.24 bits per heavy atom. The van der Waals surface area contributed by atoms with Gasteiger partial charge in [0.15, 0.2) is 0 Å². The Morgan fingerprint density at radius 3 is 2.29 bits per heavy atom. The first kappa shape index (κ1) is 16.4. The molecule has 0 aliphatic rings. The molecule has 2 N–H and O–H groups in total. The number of nitrogens with two attached hydrogens (primary N) is 1. The largest absolute Gasteiger partial charge is 0.463 e. The Labute approximate surface area is 106 Å². The second kappa shape index (κ2) is 7.70. The SMILES string of the molecule is CC(C)CC(C)OC(=O)CCC(C)(C)CCN. The smallest absolute Gasteiger partial charge is 0.306 e. The predicted molar refractivity (Wildman–Crippen MR) is 71.7 cm³/mol. The molecule has 0 bridgehead atoms. The van der Waals surface area contributed by atoms with Crippen LogP contribution in [0, 0.1) is 11.3 Å². The van der Waals surface area contributed by atoms with Crippen LogP contribution in [0.4, 0.5) is 0 Å². The zero-order valence-electron chi connectivity index (χ0n) is 12.1. The summed E-state index contributed by atoms with van der Waals surface area (Å²) >= 11 is 0. The van der Waals surface area contributed by atoms with Crippen molar-refractivity contribution in [2.75, 3.05) is 6.54 Å². The van der Waals surface area contributed by atoms with E-state index in [1.165, 1.54) is 0 Å². The van der Waals surface area contributed by atoms with Crippen LogP contribution in [0.5, 0.6) is 0 Å². The highest BCUT2D eigenvalue weighted by Gasteiger charge is 2.19. The van der Waals surface area contributed by atoms with Crippen LogP contribution >= 0.6 is 0 Å². The van der Waals surface area contributed by atoms with Crippen LogP contribution in [0.2, 0.25) is 0 Å². The maximum atomic E-state index is 11.6. The van der Waals surface area contributed by atoms with Crippen molar-refractivity contribution in [1.82, 2.24) is 0 Å². The minimum Gasteiger partial charge on any atom is -0.463 e. The summed E-state index contributed by atoms with van der Waals surface area (Å²) in [6, 6.07) is 0. The predicted octanol–water partition coefficient (Wildman–Crippen LogP) is 3.12. The van der Waals surface area contributed by atoms with Crippen LogP contribution in [0.1, 0.15) is 60.3 Å². The lowest BCUT2D eigenvalue weighted by molar-refractivity contribution is -0.149. The van der Waals surface area contributed by atoms with Gasteiger partial charge in [0.25, 0.3) is 0 Å². The minimum absolute atomic E-state index is 0.0279. The summed E-state index contributed by atoms with van der Waals surface area (Å²) in [7, 11) is 0. The molecule has 17 heavy (non-hydrogen) atoms. The number of hydrogen-bond acceptors (Lipinski definition) is 3. The first-order valence-electron chi connectivity index (χ1n) is 6.66. The van der Waals surface area contributed by atoms with Gasteiger partial charge in [-0.15, -0.1) is 0 Å². The van der Waals surface area contributed by atoms with Gasteiger partial charge in [-0.05, 0) is 44.1 Å². The molecular formula is C14H29NO2. The Hall–Kier alpha value is -0.570. The van der Waals surface area contributed by atoms with Gasteiger partial charge in [-0.3, -0.25) is 4.79 Å². The summed E-state index contributed by atoms with van der Waals surface area (Å²) in [6.45, 7) is 11.2. The summed E-state index contributed by atoms with van der Waals surface area (Å²) in [5.74, 6) is 0.481. The van der Waals surface area contributed by atoms with Gasteiger partial charge in [0.1, 0.15) is 0 Å². The van der Waals surface area contributed by atoms with E-state index in [2.05, 4.69) is 27.7 Å². The minimum atomic E-state index is -0.0803. The lowest BCUT2D eigenvalue weighted by Crippen LogP contribution is -2.21. The van der Waals surface area contributed by atoms with Gasteiger partial charge in [0, 0.05) is 6.42 Å². The summed E-state index contributed by atoms with van der Waals surface area (Å²) in [4.78, 5) is 11.6. The quantitative estimate of drug-likeness (QED) is 0.666. The van der Waals surface area contributed by atoms with Crippen LogP contribution in [0.3, 0.4) is 0 Å². The molecule has 0 rings (SSSR count). The fraction of sp³-hybridized carbons (Fsp3) is 0.929. The van der Waals surface area contributed by atoms with Crippen molar-refractivity contribution in [3.8, 4) is 0 Å². The highest BCUT2D eigenvalue weighted by Crippen LogP contribution is 2.26. The van der Waals surface area contributed by atoms with Gasteiger partial charge in [-0.1, -0.05) is 27.7 Å². The normalized spacial score (nSPS) is 13.8. The van der Waals surface area contributed by atoms with Gasteiger partial charge >= 0.3 is 5.97 Å². The summed E-state index contributed by atoms with van der Waals surface area (Å²) < 4.78 is 5.36. The molecule has 0 radical (unpaired) electrons. The molecule has 0 aliphatic carbocycles. The molecule has 0 aromatic heterocycles. The summed E-state index contributed by atoms with van der Waals surface area (Å²) in [5.41, 5.74) is 5.67. The number of carbonyl (C=O) groups is 1. The number of ether oxygens (including phenoxy) is 1. The molecule has 102 valence electrons. The first-order valence-corrected chi connectivity index (χ1v) is 6.66. The van der Waals surface area contributed by atoms with Crippen molar-refractivity contribution in [2.24, 2.45) is 17.1 Å². The average molecular weight is 243 g/mol. The van der Waals surface area contributed by atoms with Crippen LogP contribution in [-0.2, 0) is 9.53 Å². The molecule has 0 saturated carbocycles. The van der Waals surface area contributed by atoms with Crippen LogP contribution in [-0.4, -0.2) is 18.6 Å². The van der Waals surface area contributed by atoms with Crippen molar-refractivity contribution in [1.29, 1.82) is 0 Å². The Balaban J connectivity index is 3.87. The van der Waals surface area contributed by atoms with E-state index < -0.39 is 0 Å². The van der Waals surface area contributed by atoms with E-state index >= 15 is 0 Å². The van der Waals surface area contributed by atoms with Gasteiger partial charge < -0.3 is 10.5 Å². The van der Waals surface area contributed by atoms with Crippen molar-refractivity contribution >= 4 is 5.97 Å². The molecule has 0 spiro atoms. The van der Waals surface area contributed by atoms with E-state index in [0.29, 0.717) is 18.9 Å². The van der Waals surface area contributed by atoms with E-state index in [4.69, 9.17) is 10.5 Å². The third-order valence-electron chi connectivity index (χ3n) is 2.96. The van der Waals surface area contributed by atoms with Crippen LogP contribution in [0.15, 0.2) is 0 Å². The summed E-state index contributed by atoms with van der Waals surface area (Å²) in [5, 5.41) is 0. The standard InChI is InChI=1S/C14H29NO2/c1-11(2)10-12(3)17-13(16)6-7-14(4,5)8-9-15/h11-12H,6-10,15H2,1-5H3. The Morgan fingerprint density at radius 2 is 1.82 bits per heavy atom. The zero-order valence-corrected chi connectivity index (χ0v) is 12.1. The maximum absolute atomic E-state index is 11.6. The second-order valence-corrected chi connectivity index (χ2v) is 6.13. The van der Waals surface area contributed by atoms with E-state index in [9.17, 15) is 4.79 Å². The fourth-order valence-electron chi connectivity index (χ4n) is 1.95. The third-order valence-corrected chi connectivity index (χ3v) is 2.96. The Bertz CT molecular complexity index is 224. The molecule has 1 unspecified atom stereocenters. The molecule has 0 fully saturated rings. The number of rotatable bonds is 8. The molecule has 1 atom stereocenters. The summed E-state index contributed by atoms with van der Waals surface area (Å²) in [6.07, 6.45) is 3.24. The van der Waals surface area contributed by atoms with Crippen LogP contribution in [0.25, 0.3) is 0 Å². The first-order chi connectivity index (χ1) is 7.76. The van der Waals surface area contributed by atoms with Crippen molar-refractivity contribution in [3.05, 3.63) is 0 Å². The number of carbonyl (C=O) groups excluding carboxylic acids is 1. The van der Waals surface area contributed by atoms with Crippen molar-refractivity contribution in [3.63, 3.8) is 0 Å². The molecule has 3 heteroatoms. The lowest BCUT2D eigenvalue weighted by atomic mass is 9.84. The van der Waals surface area contributed by atoms with E-state index in [1.807, 2.05) is 6.92 Å². The van der Waals surface area contributed by atoms with Crippen LogP contribution < -0.4 is 5.73 Å². The van der Waals surface area contributed by atoms with E-state index in [1.54, 1.807) is 0 Å².